The summed E-state index contributed by atoms with van der Waals surface area (Å²) in [4.78, 5) is 32.9. The van der Waals surface area contributed by atoms with Gasteiger partial charge in [-0.3, -0.25) is 14.0 Å². The summed E-state index contributed by atoms with van der Waals surface area (Å²) in [5.41, 5.74) is 1.53. The summed E-state index contributed by atoms with van der Waals surface area (Å²) in [7, 11) is 0. The van der Waals surface area contributed by atoms with E-state index in [9.17, 15) is 19.1 Å². The third-order valence-electron chi connectivity index (χ3n) is 5.30. The Morgan fingerprint density at radius 1 is 1.36 bits per heavy atom. The number of fused-ring (bicyclic) bond motifs is 3. The summed E-state index contributed by atoms with van der Waals surface area (Å²) in [6, 6.07) is 2.85. The molecule has 1 N–H and O–H groups in total. The lowest BCUT2D eigenvalue weighted by Crippen LogP contribution is -2.40. The third-order valence-corrected chi connectivity index (χ3v) is 5.30. The molecule has 28 heavy (non-hydrogen) atoms. The lowest BCUT2D eigenvalue weighted by molar-refractivity contribution is -0.136. The number of hydrogen-bond donors (Lipinski definition) is 1. The number of pyridine rings is 2. The van der Waals surface area contributed by atoms with Gasteiger partial charge in [-0.05, 0) is 18.6 Å². The fourth-order valence-electron chi connectivity index (χ4n) is 3.89. The van der Waals surface area contributed by atoms with Crippen molar-refractivity contribution in [3.05, 3.63) is 36.3 Å². The molecule has 0 saturated carbocycles. The van der Waals surface area contributed by atoms with Gasteiger partial charge >= 0.3 is 0 Å². The van der Waals surface area contributed by atoms with E-state index in [1.165, 1.54) is 0 Å². The highest BCUT2D eigenvalue weighted by atomic mass is 19.1. The number of carbonyl (C=O) groups is 2. The van der Waals surface area contributed by atoms with E-state index in [2.05, 4.69) is 9.97 Å². The number of aliphatic hydroxyl groups excluding tert-OH is 1. The molecule has 146 valence electrons. The number of alkyl halides is 1. The zero-order valence-electron chi connectivity index (χ0n) is 15.2. The van der Waals surface area contributed by atoms with Crippen molar-refractivity contribution in [2.75, 3.05) is 13.3 Å². The SMILES string of the molecule is CCC1C(F)C(=O)N(CO)C1COc1nccc2cc(C=O)c3nccn3c12. The van der Waals surface area contributed by atoms with Gasteiger partial charge in [0.2, 0.25) is 5.88 Å². The smallest absolute Gasteiger partial charge is 0.259 e. The van der Waals surface area contributed by atoms with Crippen molar-refractivity contribution in [3.63, 3.8) is 0 Å². The molecule has 3 aromatic rings. The normalized spacial score (nSPS) is 22.3. The first-order valence-corrected chi connectivity index (χ1v) is 8.98. The minimum Gasteiger partial charge on any atom is -0.474 e. The van der Waals surface area contributed by atoms with Crippen molar-refractivity contribution in [2.45, 2.75) is 25.6 Å². The molecule has 1 aliphatic rings. The molecule has 8 nitrogen and oxygen atoms in total. The monoisotopic (exact) mass is 386 g/mol. The van der Waals surface area contributed by atoms with Crippen LogP contribution in [0.2, 0.25) is 0 Å². The maximum Gasteiger partial charge on any atom is 0.259 e. The molecule has 1 amide bonds. The minimum atomic E-state index is -1.65. The van der Waals surface area contributed by atoms with E-state index in [0.717, 1.165) is 16.6 Å². The number of rotatable bonds is 6. The number of hydrogen-bond acceptors (Lipinski definition) is 6. The molecule has 0 bridgehead atoms. The number of aldehydes is 1. The Bertz CT molecular complexity index is 1050. The summed E-state index contributed by atoms with van der Waals surface area (Å²) in [5.74, 6) is -1.01. The third kappa shape index (κ3) is 2.70. The Hall–Kier alpha value is -3.07. The fraction of sp³-hybridized carbons (Fsp3) is 0.368. The first-order valence-electron chi connectivity index (χ1n) is 8.98. The van der Waals surface area contributed by atoms with Crippen LogP contribution in [0.25, 0.3) is 16.6 Å². The molecular formula is C19H19FN4O4. The van der Waals surface area contributed by atoms with Crippen molar-refractivity contribution in [1.82, 2.24) is 19.3 Å². The maximum absolute atomic E-state index is 14.3. The summed E-state index contributed by atoms with van der Waals surface area (Å²) >= 11 is 0. The number of aliphatic hydroxyl groups is 1. The van der Waals surface area contributed by atoms with Crippen LogP contribution in [-0.4, -0.2) is 62.1 Å². The molecule has 0 aromatic carbocycles. The average molecular weight is 386 g/mol. The fourth-order valence-corrected chi connectivity index (χ4v) is 3.89. The summed E-state index contributed by atoms with van der Waals surface area (Å²) in [6.45, 7) is 1.22. The molecule has 0 spiro atoms. The van der Waals surface area contributed by atoms with Crippen LogP contribution in [0.3, 0.4) is 0 Å². The van der Waals surface area contributed by atoms with E-state index < -0.39 is 30.8 Å². The van der Waals surface area contributed by atoms with Crippen molar-refractivity contribution in [1.29, 1.82) is 0 Å². The zero-order chi connectivity index (χ0) is 19.8. The number of nitrogens with zero attached hydrogens (tertiary/aromatic N) is 4. The van der Waals surface area contributed by atoms with Crippen LogP contribution >= 0.6 is 0 Å². The van der Waals surface area contributed by atoms with Crippen molar-refractivity contribution in [2.24, 2.45) is 5.92 Å². The van der Waals surface area contributed by atoms with Crippen LogP contribution in [0.5, 0.6) is 5.88 Å². The van der Waals surface area contributed by atoms with Crippen molar-refractivity contribution >= 4 is 28.7 Å². The van der Waals surface area contributed by atoms with Gasteiger partial charge in [0, 0.05) is 29.9 Å². The molecule has 3 unspecified atom stereocenters. The highest BCUT2D eigenvalue weighted by Crippen LogP contribution is 2.32. The van der Waals surface area contributed by atoms with Crippen molar-refractivity contribution in [3.8, 4) is 5.88 Å². The Kier molecular flexibility index (Phi) is 4.68. The van der Waals surface area contributed by atoms with E-state index in [4.69, 9.17) is 4.74 Å². The van der Waals surface area contributed by atoms with Crippen LogP contribution in [0, 0.1) is 5.92 Å². The summed E-state index contributed by atoms with van der Waals surface area (Å²) in [6.07, 6.45) is 4.34. The molecule has 4 heterocycles. The second-order valence-corrected chi connectivity index (χ2v) is 6.69. The number of ether oxygens (including phenoxy) is 1. The predicted octanol–water partition coefficient (Wildman–Crippen LogP) is 1.60. The molecule has 3 atom stereocenters. The quantitative estimate of drug-likeness (QED) is 0.647. The van der Waals surface area contributed by atoms with E-state index in [0.29, 0.717) is 23.1 Å². The van der Waals surface area contributed by atoms with Gasteiger partial charge in [-0.1, -0.05) is 6.92 Å². The van der Waals surface area contributed by atoms with Crippen LogP contribution in [0.1, 0.15) is 23.7 Å². The second kappa shape index (κ2) is 7.16. The summed E-state index contributed by atoms with van der Waals surface area (Å²) < 4.78 is 21.9. The number of aromatic nitrogens is 3. The van der Waals surface area contributed by atoms with Crippen LogP contribution in [0.4, 0.5) is 4.39 Å². The molecule has 1 fully saturated rings. The molecule has 0 radical (unpaired) electrons. The molecule has 3 aromatic heterocycles. The maximum atomic E-state index is 14.3. The number of amides is 1. The average Bonchev–Trinajstić information content (AvgIpc) is 3.29. The van der Waals surface area contributed by atoms with Gasteiger partial charge in [0.05, 0.1) is 11.6 Å². The number of likely N-dealkylation sites (tertiary alicyclic amines) is 1. The lowest BCUT2D eigenvalue weighted by atomic mass is 9.96. The topological polar surface area (TPSA) is 97.0 Å². The molecule has 0 aliphatic carbocycles. The Morgan fingerprint density at radius 3 is 2.89 bits per heavy atom. The number of imidazole rings is 1. The molecular weight excluding hydrogens is 367 g/mol. The van der Waals surface area contributed by atoms with Crippen LogP contribution < -0.4 is 4.74 Å². The zero-order valence-corrected chi connectivity index (χ0v) is 15.2. The van der Waals surface area contributed by atoms with Gasteiger partial charge in [0.15, 0.2) is 12.5 Å². The predicted molar refractivity (Wildman–Crippen MR) is 97.8 cm³/mol. The highest BCUT2D eigenvalue weighted by Gasteiger charge is 2.47. The van der Waals surface area contributed by atoms with Gasteiger partial charge in [0.1, 0.15) is 24.5 Å². The van der Waals surface area contributed by atoms with Crippen LogP contribution in [-0.2, 0) is 4.79 Å². The number of halogens is 1. The molecule has 9 heteroatoms. The molecule has 4 rings (SSSR count). The van der Waals surface area contributed by atoms with E-state index in [-0.39, 0.29) is 12.5 Å². The van der Waals surface area contributed by atoms with E-state index >= 15 is 0 Å². The van der Waals surface area contributed by atoms with Gasteiger partial charge in [-0.25, -0.2) is 14.4 Å². The Morgan fingerprint density at radius 2 is 2.18 bits per heavy atom. The first-order chi connectivity index (χ1) is 13.6. The van der Waals surface area contributed by atoms with Crippen LogP contribution in [0.15, 0.2) is 30.7 Å². The van der Waals surface area contributed by atoms with E-state index in [1.54, 1.807) is 42.0 Å². The molecule has 1 aliphatic heterocycles. The highest BCUT2D eigenvalue weighted by molar-refractivity contribution is 5.95. The van der Waals surface area contributed by atoms with Gasteiger partial charge < -0.3 is 14.7 Å². The second-order valence-electron chi connectivity index (χ2n) is 6.69. The Labute approximate surface area is 159 Å². The Balaban J connectivity index is 1.72. The minimum absolute atomic E-state index is 0.0109. The van der Waals surface area contributed by atoms with Crippen molar-refractivity contribution < 1.29 is 23.8 Å². The first kappa shape index (κ1) is 18.3. The van der Waals surface area contributed by atoms with Gasteiger partial charge in [0.25, 0.3) is 5.91 Å². The van der Waals surface area contributed by atoms with Gasteiger partial charge in [-0.2, -0.15) is 0 Å². The largest absolute Gasteiger partial charge is 0.474 e. The van der Waals surface area contributed by atoms with Gasteiger partial charge in [-0.15, -0.1) is 0 Å². The molecule has 1 saturated heterocycles. The lowest BCUT2D eigenvalue weighted by Gasteiger charge is -2.25. The standard InChI is InChI=1S/C19H19FN4O4/c1-2-13-14(24(10-26)19(27)15(13)20)9-28-18-16-11(3-4-22-18)7-12(8-25)17-21-5-6-23(16)17/h3-8,13-15,26H,2,9-10H2,1H3. The number of carbonyl (C=O) groups excluding carboxylic acids is 2. The van der Waals surface area contributed by atoms with E-state index in [1.807, 2.05) is 0 Å². The summed E-state index contributed by atoms with van der Waals surface area (Å²) in [5, 5.41) is 10.2.